The number of nitrogen functional groups attached to an aromatic ring is 1. The van der Waals surface area contributed by atoms with Crippen molar-refractivity contribution in [2.24, 2.45) is 0 Å². The summed E-state index contributed by atoms with van der Waals surface area (Å²) in [5.41, 5.74) is 6.88. The molecule has 2 fully saturated rings. The molecule has 43 heavy (non-hydrogen) atoms. The minimum absolute atomic E-state index is 0.0295. The van der Waals surface area contributed by atoms with Crippen molar-refractivity contribution in [3.05, 3.63) is 47.3 Å². The van der Waals surface area contributed by atoms with Gasteiger partial charge in [-0.3, -0.25) is 14.5 Å². The number of rotatable bonds is 8. The molecule has 0 atom stereocenters. The molecule has 11 nitrogen and oxygen atoms in total. The van der Waals surface area contributed by atoms with E-state index in [-0.39, 0.29) is 41.7 Å². The van der Waals surface area contributed by atoms with Crippen LogP contribution in [0.15, 0.2) is 36.2 Å². The molecule has 2 N–H and O–H groups in total. The van der Waals surface area contributed by atoms with Gasteiger partial charge in [-0.1, -0.05) is 5.57 Å². The lowest BCUT2D eigenvalue weighted by molar-refractivity contribution is -0.137. The smallest absolute Gasteiger partial charge is 0.384 e. The van der Waals surface area contributed by atoms with E-state index in [1.807, 2.05) is 24.8 Å². The lowest BCUT2D eigenvalue weighted by atomic mass is 10.1. The molecule has 2 saturated heterocycles. The Morgan fingerprint density at radius 3 is 2.44 bits per heavy atom. The average Bonchev–Trinajstić information content (AvgIpc) is 3.37. The number of ether oxygens (including phenoxy) is 1. The Bertz CT molecular complexity index is 1520. The van der Waals surface area contributed by atoms with Crippen molar-refractivity contribution in [2.45, 2.75) is 39.4 Å². The number of morpholine rings is 1. The van der Waals surface area contributed by atoms with Gasteiger partial charge in [0, 0.05) is 71.0 Å². The summed E-state index contributed by atoms with van der Waals surface area (Å²) in [6.07, 6.45) is 0.147. The fraction of sp³-hybridized carbons (Fsp3) is 0.483. The maximum Gasteiger partial charge on any atom is 0.417 e. The summed E-state index contributed by atoms with van der Waals surface area (Å²) in [7, 11) is 0. The number of hydrogen-bond acceptors (Lipinski definition) is 9. The zero-order chi connectivity index (χ0) is 30.7. The highest BCUT2D eigenvalue weighted by Gasteiger charge is 2.36. The maximum atomic E-state index is 13.9. The standard InChI is InChI=1S/C29H35F3N8O3/c1-19(2)13-21(41)3-4-26(42)38-7-5-37(6-8-38)17-20-14-24-28(39-9-11-43-12-10-39)35-27(36-40(24)18-20)22-16-34-25(33)15-23(22)29(30,31)32/h13-16,18H,3-12,17H2,1-2H3,(H2,33,34). The molecule has 1 amide bonds. The Morgan fingerprint density at radius 2 is 1.77 bits per heavy atom. The number of alkyl halides is 3. The molecule has 2 aliphatic heterocycles. The second-order valence-corrected chi connectivity index (χ2v) is 11.0. The van der Waals surface area contributed by atoms with Crippen LogP contribution in [0.5, 0.6) is 0 Å². The monoisotopic (exact) mass is 600 g/mol. The number of fused-ring (bicyclic) bond motifs is 1. The first-order valence-electron chi connectivity index (χ1n) is 14.2. The lowest BCUT2D eigenvalue weighted by Gasteiger charge is -2.34. The number of carbonyl (C=O) groups is 2. The number of pyridine rings is 1. The van der Waals surface area contributed by atoms with Crippen LogP contribution < -0.4 is 10.6 Å². The molecule has 0 bridgehead atoms. The SMILES string of the molecule is CC(C)=CC(=O)CCC(=O)N1CCN(Cc2cc3c(N4CCOCC4)nc(-c4cnc(N)cc4C(F)(F)F)nn3c2)CC1. The van der Waals surface area contributed by atoms with Crippen molar-refractivity contribution in [3.8, 4) is 11.4 Å². The van der Waals surface area contributed by atoms with Gasteiger partial charge in [-0.2, -0.15) is 13.2 Å². The quantitative estimate of drug-likeness (QED) is 0.389. The number of allylic oxidation sites excluding steroid dienone is 2. The first-order chi connectivity index (χ1) is 20.5. The maximum absolute atomic E-state index is 13.9. The second-order valence-electron chi connectivity index (χ2n) is 11.0. The highest BCUT2D eigenvalue weighted by molar-refractivity contribution is 5.93. The van der Waals surface area contributed by atoms with Gasteiger partial charge in [-0.05, 0) is 37.6 Å². The first-order valence-corrected chi connectivity index (χ1v) is 14.2. The topological polar surface area (TPSA) is 122 Å². The predicted molar refractivity (Wildman–Crippen MR) is 154 cm³/mol. The van der Waals surface area contributed by atoms with Crippen LogP contribution in [0.2, 0.25) is 0 Å². The zero-order valence-corrected chi connectivity index (χ0v) is 24.2. The highest BCUT2D eigenvalue weighted by atomic mass is 19.4. The Hall–Kier alpha value is -4.04. The molecule has 2 aliphatic rings. The fourth-order valence-electron chi connectivity index (χ4n) is 5.33. The summed E-state index contributed by atoms with van der Waals surface area (Å²) in [5.74, 6) is 0.0948. The van der Waals surface area contributed by atoms with E-state index >= 15 is 0 Å². The van der Waals surface area contributed by atoms with Crippen molar-refractivity contribution in [1.82, 2.24) is 29.4 Å². The van der Waals surface area contributed by atoms with Crippen molar-refractivity contribution in [3.63, 3.8) is 0 Å². The Kier molecular flexibility index (Phi) is 8.97. The number of aromatic nitrogens is 4. The van der Waals surface area contributed by atoms with Crippen molar-refractivity contribution in [1.29, 1.82) is 0 Å². The van der Waals surface area contributed by atoms with E-state index in [0.29, 0.717) is 70.4 Å². The van der Waals surface area contributed by atoms with Gasteiger partial charge in [0.25, 0.3) is 0 Å². The van der Waals surface area contributed by atoms with Crippen LogP contribution in [0, 0.1) is 0 Å². The van der Waals surface area contributed by atoms with Gasteiger partial charge in [0.05, 0.1) is 24.3 Å². The molecule has 3 aromatic heterocycles. The number of piperazine rings is 1. The van der Waals surface area contributed by atoms with E-state index in [1.165, 1.54) is 0 Å². The van der Waals surface area contributed by atoms with Crippen LogP contribution in [0.3, 0.4) is 0 Å². The molecule has 0 saturated carbocycles. The average molecular weight is 601 g/mol. The van der Waals surface area contributed by atoms with Crippen LogP contribution in [0.4, 0.5) is 24.8 Å². The number of nitrogens with zero attached hydrogens (tertiary/aromatic N) is 7. The number of halogens is 3. The molecule has 5 heterocycles. The summed E-state index contributed by atoms with van der Waals surface area (Å²) < 4.78 is 48.8. The van der Waals surface area contributed by atoms with Gasteiger partial charge in [0.2, 0.25) is 5.91 Å². The fourth-order valence-corrected chi connectivity index (χ4v) is 5.33. The minimum Gasteiger partial charge on any atom is -0.384 e. The van der Waals surface area contributed by atoms with Crippen molar-refractivity contribution >= 4 is 28.8 Å². The van der Waals surface area contributed by atoms with Crippen molar-refractivity contribution < 1.29 is 27.5 Å². The first kappa shape index (κ1) is 30.4. The van der Waals surface area contributed by atoms with Gasteiger partial charge >= 0.3 is 6.18 Å². The largest absolute Gasteiger partial charge is 0.417 e. The van der Waals surface area contributed by atoms with Crippen LogP contribution in [0.25, 0.3) is 16.9 Å². The Morgan fingerprint density at radius 1 is 1.05 bits per heavy atom. The van der Waals surface area contributed by atoms with Gasteiger partial charge in [0.1, 0.15) is 11.3 Å². The molecular weight excluding hydrogens is 565 g/mol. The third kappa shape index (κ3) is 7.31. The number of anilines is 2. The van der Waals surface area contributed by atoms with Crippen LogP contribution in [0.1, 0.15) is 37.8 Å². The molecule has 0 aromatic carbocycles. The van der Waals surface area contributed by atoms with E-state index in [4.69, 9.17) is 10.5 Å². The summed E-state index contributed by atoms with van der Waals surface area (Å²) in [5, 5.41) is 4.47. The molecule has 5 rings (SSSR count). The third-order valence-electron chi connectivity index (χ3n) is 7.45. The lowest BCUT2D eigenvalue weighted by Crippen LogP contribution is -2.48. The molecule has 230 valence electrons. The van der Waals surface area contributed by atoms with E-state index in [9.17, 15) is 22.8 Å². The van der Waals surface area contributed by atoms with Crippen LogP contribution in [-0.2, 0) is 27.0 Å². The number of nitrogens with two attached hydrogens (primary N) is 1. The summed E-state index contributed by atoms with van der Waals surface area (Å²) in [4.78, 5) is 39.0. The number of hydrogen-bond donors (Lipinski definition) is 1. The molecule has 0 spiro atoms. The third-order valence-corrected chi connectivity index (χ3v) is 7.45. The van der Waals surface area contributed by atoms with Gasteiger partial charge in [0.15, 0.2) is 17.4 Å². The number of amides is 1. The predicted octanol–water partition coefficient (Wildman–Crippen LogP) is 3.19. The summed E-state index contributed by atoms with van der Waals surface area (Å²) in [6, 6.07) is 2.75. The minimum atomic E-state index is -4.67. The molecule has 3 aromatic rings. The van der Waals surface area contributed by atoms with Crippen molar-refractivity contribution in [2.75, 3.05) is 63.1 Å². The van der Waals surface area contributed by atoms with Gasteiger partial charge in [-0.15, -0.1) is 5.10 Å². The zero-order valence-electron chi connectivity index (χ0n) is 24.2. The van der Waals surface area contributed by atoms with E-state index in [0.717, 1.165) is 23.4 Å². The normalized spacial score (nSPS) is 16.5. The van der Waals surface area contributed by atoms with Gasteiger partial charge < -0.3 is 20.3 Å². The molecule has 14 heteroatoms. The molecule has 0 aliphatic carbocycles. The van der Waals surface area contributed by atoms with Gasteiger partial charge in [-0.25, -0.2) is 14.5 Å². The molecular formula is C29H35F3N8O3. The van der Waals surface area contributed by atoms with E-state index in [1.54, 1.807) is 21.7 Å². The van der Waals surface area contributed by atoms with Crippen LogP contribution in [-0.4, -0.2) is 93.6 Å². The highest BCUT2D eigenvalue weighted by Crippen LogP contribution is 2.37. The number of carbonyl (C=O) groups excluding carboxylic acids is 2. The number of ketones is 1. The summed E-state index contributed by atoms with van der Waals surface area (Å²) >= 11 is 0. The molecule has 0 unspecified atom stereocenters. The summed E-state index contributed by atoms with van der Waals surface area (Å²) in [6.45, 7) is 8.70. The van der Waals surface area contributed by atoms with Crippen LogP contribution >= 0.6 is 0 Å². The molecule has 0 radical (unpaired) electrons. The second kappa shape index (κ2) is 12.7. The van der Waals surface area contributed by atoms with E-state index < -0.39 is 11.7 Å². The Balaban J connectivity index is 1.35. The van der Waals surface area contributed by atoms with E-state index in [2.05, 4.69) is 20.0 Å². The Labute approximate surface area is 247 Å².